The highest BCUT2D eigenvalue weighted by molar-refractivity contribution is 5.88. The fourth-order valence-electron chi connectivity index (χ4n) is 3.28. The van der Waals surface area contributed by atoms with Crippen LogP contribution in [-0.2, 0) is 4.79 Å². The van der Waals surface area contributed by atoms with Crippen LogP contribution in [0.5, 0.6) is 5.75 Å². The van der Waals surface area contributed by atoms with E-state index in [1.165, 1.54) is 10.8 Å². The van der Waals surface area contributed by atoms with Gasteiger partial charge in [-0.1, -0.05) is 50.2 Å². The van der Waals surface area contributed by atoms with Crippen LogP contribution in [0, 0.1) is 5.92 Å². The van der Waals surface area contributed by atoms with Crippen LogP contribution in [-0.4, -0.2) is 43.1 Å². The fraction of sp³-hybridized carbons (Fsp3) is 0.476. The molecule has 0 bridgehead atoms. The smallest absolute Gasteiger partial charge is 0.222 e. The number of amides is 1. The molecule has 3 rings (SSSR count). The van der Waals surface area contributed by atoms with Crippen LogP contribution in [0.25, 0.3) is 10.8 Å². The quantitative estimate of drug-likeness (QED) is 0.876. The van der Waals surface area contributed by atoms with E-state index in [0.717, 1.165) is 38.2 Å². The third-order valence-electron chi connectivity index (χ3n) is 4.87. The molecule has 4 nitrogen and oxygen atoms in total. The largest absolute Gasteiger partial charge is 0.492 e. The van der Waals surface area contributed by atoms with Crippen molar-refractivity contribution in [2.24, 2.45) is 5.92 Å². The van der Waals surface area contributed by atoms with Crippen LogP contribution < -0.4 is 10.1 Å². The highest BCUT2D eigenvalue weighted by Gasteiger charge is 2.21. The summed E-state index contributed by atoms with van der Waals surface area (Å²) >= 11 is 0. The zero-order chi connectivity index (χ0) is 17.6. The van der Waals surface area contributed by atoms with Gasteiger partial charge in [0.2, 0.25) is 5.91 Å². The van der Waals surface area contributed by atoms with Gasteiger partial charge in [0.1, 0.15) is 12.4 Å². The van der Waals surface area contributed by atoms with Crippen molar-refractivity contribution in [3.8, 4) is 5.75 Å². The molecule has 0 atom stereocenters. The molecule has 1 saturated heterocycles. The van der Waals surface area contributed by atoms with Gasteiger partial charge in [-0.25, -0.2) is 0 Å². The molecule has 0 unspecified atom stereocenters. The Bertz CT molecular complexity index is 701. The van der Waals surface area contributed by atoms with Gasteiger partial charge in [-0.05, 0) is 24.3 Å². The molecule has 0 spiro atoms. The van der Waals surface area contributed by atoms with E-state index in [2.05, 4.69) is 28.4 Å². The number of hydrogen-bond acceptors (Lipinski definition) is 3. The minimum Gasteiger partial charge on any atom is -0.492 e. The maximum atomic E-state index is 11.8. The van der Waals surface area contributed by atoms with Crippen molar-refractivity contribution >= 4 is 16.7 Å². The summed E-state index contributed by atoms with van der Waals surface area (Å²) in [7, 11) is 0. The predicted octanol–water partition coefficient (Wildman–Crippen LogP) is 3.46. The van der Waals surface area contributed by atoms with Crippen LogP contribution in [0.2, 0.25) is 0 Å². The Morgan fingerprint density at radius 3 is 2.64 bits per heavy atom. The average Bonchev–Trinajstić information content (AvgIpc) is 2.63. The number of piperidine rings is 1. The third-order valence-corrected chi connectivity index (χ3v) is 4.87. The van der Waals surface area contributed by atoms with Crippen molar-refractivity contribution in [3.63, 3.8) is 0 Å². The van der Waals surface area contributed by atoms with E-state index in [1.54, 1.807) is 0 Å². The van der Waals surface area contributed by atoms with E-state index in [-0.39, 0.29) is 11.8 Å². The highest BCUT2D eigenvalue weighted by atomic mass is 16.5. The monoisotopic (exact) mass is 340 g/mol. The van der Waals surface area contributed by atoms with Gasteiger partial charge in [-0.3, -0.25) is 9.69 Å². The second kappa shape index (κ2) is 8.34. The van der Waals surface area contributed by atoms with E-state index in [9.17, 15) is 4.79 Å². The molecule has 134 valence electrons. The topological polar surface area (TPSA) is 41.6 Å². The molecule has 0 saturated carbocycles. The Morgan fingerprint density at radius 1 is 1.16 bits per heavy atom. The molecule has 25 heavy (non-hydrogen) atoms. The Labute approximate surface area is 150 Å². The Morgan fingerprint density at radius 2 is 1.88 bits per heavy atom. The van der Waals surface area contributed by atoms with Gasteiger partial charge in [-0.15, -0.1) is 0 Å². The zero-order valence-electron chi connectivity index (χ0n) is 15.2. The van der Waals surface area contributed by atoms with Gasteiger partial charge in [0, 0.05) is 37.0 Å². The lowest BCUT2D eigenvalue weighted by Crippen LogP contribution is -2.46. The first-order valence-corrected chi connectivity index (χ1v) is 9.27. The summed E-state index contributed by atoms with van der Waals surface area (Å²) in [5.41, 5.74) is 0. The number of ether oxygens (including phenoxy) is 1. The molecular weight excluding hydrogens is 312 g/mol. The summed E-state index contributed by atoms with van der Waals surface area (Å²) in [5, 5.41) is 5.52. The van der Waals surface area contributed by atoms with Gasteiger partial charge >= 0.3 is 0 Å². The third kappa shape index (κ3) is 4.73. The van der Waals surface area contributed by atoms with E-state index >= 15 is 0 Å². The molecule has 0 radical (unpaired) electrons. The van der Waals surface area contributed by atoms with Crippen LogP contribution in [0.3, 0.4) is 0 Å². The highest BCUT2D eigenvalue weighted by Crippen LogP contribution is 2.25. The number of carbonyl (C=O) groups is 1. The van der Waals surface area contributed by atoms with Crippen molar-refractivity contribution in [1.82, 2.24) is 10.2 Å². The number of nitrogens with one attached hydrogen (secondary N) is 1. The maximum Gasteiger partial charge on any atom is 0.222 e. The fourth-order valence-corrected chi connectivity index (χ4v) is 3.28. The minimum absolute atomic E-state index is 0.0622. The predicted molar refractivity (Wildman–Crippen MR) is 102 cm³/mol. The number of nitrogens with zero attached hydrogens (tertiary/aromatic N) is 1. The standard InChI is InChI=1S/C21H28N2O2/c1-16(2)21(24)22-18-10-12-23(13-11-18)14-15-25-20-9-5-7-17-6-3-4-8-19(17)20/h3-9,16,18H,10-15H2,1-2H3,(H,22,24). The van der Waals surface area contributed by atoms with Crippen molar-refractivity contribution in [2.45, 2.75) is 32.7 Å². The Balaban J connectivity index is 1.44. The molecular formula is C21H28N2O2. The van der Waals surface area contributed by atoms with E-state index in [1.807, 2.05) is 38.1 Å². The van der Waals surface area contributed by atoms with Gasteiger partial charge in [0.25, 0.3) is 0 Å². The summed E-state index contributed by atoms with van der Waals surface area (Å²) in [4.78, 5) is 14.2. The van der Waals surface area contributed by atoms with Gasteiger partial charge in [0.15, 0.2) is 0 Å². The molecule has 1 aliphatic heterocycles. The van der Waals surface area contributed by atoms with Crippen LogP contribution >= 0.6 is 0 Å². The molecule has 1 heterocycles. The lowest BCUT2D eigenvalue weighted by atomic mass is 10.0. The lowest BCUT2D eigenvalue weighted by Gasteiger charge is -2.32. The first kappa shape index (κ1) is 17.7. The number of fused-ring (bicyclic) bond motifs is 1. The summed E-state index contributed by atoms with van der Waals surface area (Å²) < 4.78 is 6.03. The van der Waals surface area contributed by atoms with E-state index in [4.69, 9.17) is 4.74 Å². The number of rotatable bonds is 6. The second-order valence-corrected chi connectivity index (χ2v) is 7.10. The van der Waals surface area contributed by atoms with Crippen LogP contribution in [0.1, 0.15) is 26.7 Å². The molecule has 2 aromatic carbocycles. The molecule has 2 aromatic rings. The molecule has 1 aliphatic rings. The lowest BCUT2D eigenvalue weighted by molar-refractivity contribution is -0.125. The minimum atomic E-state index is 0.0622. The summed E-state index contributed by atoms with van der Waals surface area (Å²) in [6, 6.07) is 14.8. The second-order valence-electron chi connectivity index (χ2n) is 7.10. The molecule has 1 amide bonds. The molecule has 0 aliphatic carbocycles. The normalized spacial score (nSPS) is 16.3. The first-order chi connectivity index (χ1) is 12.1. The summed E-state index contributed by atoms with van der Waals surface area (Å²) in [6.45, 7) is 7.53. The number of likely N-dealkylation sites (tertiary alicyclic amines) is 1. The van der Waals surface area contributed by atoms with Crippen molar-refractivity contribution in [3.05, 3.63) is 42.5 Å². The molecule has 4 heteroatoms. The maximum absolute atomic E-state index is 11.8. The van der Waals surface area contributed by atoms with E-state index < -0.39 is 0 Å². The number of benzene rings is 2. The zero-order valence-corrected chi connectivity index (χ0v) is 15.2. The summed E-state index contributed by atoms with van der Waals surface area (Å²) in [6.07, 6.45) is 2.04. The molecule has 1 N–H and O–H groups in total. The average molecular weight is 340 g/mol. The van der Waals surface area contributed by atoms with Gasteiger partial charge in [0.05, 0.1) is 0 Å². The Kier molecular flexibility index (Phi) is 5.92. The molecule has 0 aromatic heterocycles. The van der Waals surface area contributed by atoms with Crippen LogP contribution in [0.4, 0.5) is 0 Å². The van der Waals surface area contributed by atoms with Crippen molar-refractivity contribution in [1.29, 1.82) is 0 Å². The number of carbonyl (C=O) groups excluding carboxylic acids is 1. The van der Waals surface area contributed by atoms with Gasteiger partial charge in [-0.2, -0.15) is 0 Å². The molecule has 1 fully saturated rings. The van der Waals surface area contributed by atoms with E-state index in [0.29, 0.717) is 12.6 Å². The van der Waals surface area contributed by atoms with Crippen LogP contribution in [0.15, 0.2) is 42.5 Å². The summed E-state index contributed by atoms with van der Waals surface area (Å²) in [5.74, 6) is 1.18. The SMILES string of the molecule is CC(C)C(=O)NC1CCN(CCOc2cccc3ccccc23)CC1. The first-order valence-electron chi connectivity index (χ1n) is 9.27. The van der Waals surface area contributed by atoms with Crippen molar-refractivity contribution in [2.75, 3.05) is 26.2 Å². The van der Waals surface area contributed by atoms with Crippen molar-refractivity contribution < 1.29 is 9.53 Å². The Hall–Kier alpha value is -2.07. The number of hydrogen-bond donors (Lipinski definition) is 1. The van der Waals surface area contributed by atoms with Gasteiger partial charge < -0.3 is 10.1 Å².